The Morgan fingerprint density at radius 3 is 1.09 bits per heavy atom. The molecule has 0 amide bonds. The summed E-state index contributed by atoms with van der Waals surface area (Å²) < 4.78 is 10.8. The van der Waals surface area contributed by atoms with Crippen molar-refractivity contribution >= 4 is 11.9 Å². The minimum atomic E-state index is -0.000751. The van der Waals surface area contributed by atoms with E-state index in [1.165, 1.54) is 142 Å². The topological polar surface area (TPSA) is 59.1 Å². The van der Waals surface area contributed by atoms with E-state index in [-0.39, 0.29) is 11.9 Å². The average Bonchev–Trinajstić information content (AvgIpc) is 3.04. The minimum Gasteiger partial charge on any atom is -0.466 e. The summed E-state index contributed by atoms with van der Waals surface area (Å²) in [7, 11) is 4.34. The Hall–Kier alpha value is -1.14. The SMILES string of the molecule is CCCCCCCCOC(=O)CCCCCCCCCN(CCCCCCCCCC(=O)OCCCCCCCC)CCN(C)C. The van der Waals surface area contributed by atoms with Crippen LogP contribution in [0.3, 0.4) is 0 Å². The number of esters is 2. The Morgan fingerprint density at radius 1 is 0.391 bits per heavy atom. The molecule has 0 radical (unpaired) electrons. The Morgan fingerprint density at radius 2 is 0.717 bits per heavy atom. The van der Waals surface area contributed by atoms with Gasteiger partial charge in [-0.1, -0.05) is 142 Å². The predicted molar refractivity (Wildman–Crippen MR) is 198 cm³/mol. The van der Waals surface area contributed by atoms with Gasteiger partial charge in [-0.05, 0) is 65.7 Å². The van der Waals surface area contributed by atoms with Crippen molar-refractivity contribution in [1.29, 1.82) is 0 Å². The Kier molecular flexibility index (Phi) is 35.8. The number of carbonyl (C=O) groups is 2. The standard InChI is InChI=1S/C40H80N2O4/c1-5-7-9-11-23-29-37-45-39(43)31-25-19-15-13-17-21-27-33-42(36-35-41(3)4)34-28-22-18-14-16-20-26-32-40(44)46-38-30-24-12-10-8-6-2/h5-38H2,1-4H3. The lowest BCUT2D eigenvalue weighted by atomic mass is 10.1. The zero-order valence-corrected chi connectivity index (χ0v) is 31.6. The number of nitrogens with zero attached hydrogens (tertiary/aromatic N) is 2. The molecule has 0 aromatic heterocycles. The Balaban J connectivity index is 3.68. The van der Waals surface area contributed by atoms with E-state index in [1.807, 2.05) is 0 Å². The van der Waals surface area contributed by atoms with Gasteiger partial charge in [0.05, 0.1) is 13.2 Å². The van der Waals surface area contributed by atoms with E-state index in [2.05, 4.69) is 37.7 Å². The Labute approximate surface area is 287 Å². The van der Waals surface area contributed by atoms with Crippen LogP contribution in [0.4, 0.5) is 0 Å². The number of hydrogen-bond donors (Lipinski definition) is 0. The zero-order chi connectivity index (χ0) is 33.8. The second-order valence-corrected chi connectivity index (χ2v) is 14.1. The smallest absolute Gasteiger partial charge is 0.305 e. The summed E-state index contributed by atoms with van der Waals surface area (Å²) in [5, 5.41) is 0. The molecule has 0 bridgehead atoms. The molecule has 0 atom stereocenters. The first-order chi connectivity index (χ1) is 22.5. The highest BCUT2D eigenvalue weighted by Crippen LogP contribution is 2.13. The third-order valence-corrected chi connectivity index (χ3v) is 9.10. The Bertz CT molecular complexity index is 595. The van der Waals surface area contributed by atoms with Crippen LogP contribution in [0.15, 0.2) is 0 Å². The van der Waals surface area contributed by atoms with Crippen LogP contribution in [0.5, 0.6) is 0 Å². The third kappa shape index (κ3) is 35.7. The lowest BCUT2D eigenvalue weighted by Gasteiger charge is -2.24. The van der Waals surface area contributed by atoms with Gasteiger partial charge in [0.15, 0.2) is 0 Å². The molecular weight excluding hydrogens is 572 g/mol. The molecule has 0 N–H and O–H groups in total. The highest BCUT2D eigenvalue weighted by Gasteiger charge is 2.07. The lowest BCUT2D eigenvalue weighted by Crippen LogP contribution is -2.33. The maximum atomic E-state index is 11.9. The van der Waals surface area contributed by atoms with Gasteiger partial charge in [0, 0.05) is 25.9 Å². The van der Waals surface area contributed by atoms with Gasteiger partial charge in [-0.15, -0.1) is 0 Å². The van der Waals surface area contributed by atoms with Crippen molar-refractivity contribution in [2.45, 2.75) is 194 Å². The van der Waals surface area contributed by atoms with E-state index in [9.17, 15) is 9.59 Å². The van der Waals surface area contributed by atoms with Crippen molar-refractivity contribution in [3.8, 4) is 0 Å². The molecule has 0 saturated heterocycles. The molecule has 0 aromatic rings. The van der Waals surface area contributed by atoms with Crippen LogP contribution >= 0.6 is 0 Å². The molecule has 6 heteroatoms. The first-order valence-electron chi connectivity index (χ1n) is 20.2. The van der Waals surface area contributed by atoms with E-state index in [1.54, 1.807) is 0 Å². The first kappa shape index (κ1) is 44.9. The highest BCUT2D eigenvalue weighted by molar-refractivity contribution is 5.69. The minimum absolute atomic E-state index is 0.000751. The summed E-state index contributed by atoms with van der Waals surface area (Å²) in [5.41, 5.74) is 0. The van der Waals surface area contributed by atoms with E-state index in [4.69, 9.17) is 9.47 Å². The maximum absolute atomic E-state index is 11.9. The van der Waals surface area contributed by atoms with Gasteiger partial charge >= 0.3 is 11.9 Å². The fraction of sp³-hybridized carbons (Fsp3) is 0.950. The molecule has 0 unspecified atom stereocenters. The number of ether oxygens (including phenoxy) is 2. The molecule has 0 fully saturated rings. The predicted octanol–water partition coefficient (Wildman–Crippen LogP) is 10.9. The van der Waals surface area contributed by atoms with Crippen LogP contribution in [-0.4, -0.2) is 75.2 Å². The average molecular weight is 653 g/mol. The van der Waals surface area contributed by atoms with Gasteiger partial charge in [0.2, 0.25) is 0 Å². The van der Waals surface area contributed by atoms with E-state index >= 15 is 0 Å². The van der Waals surface area contributed by atoms with Crippen molar-refractivity contribution in [2.24, 2.45) is 0 Å². The molecule has 0 aliphatic rings. The summed E-state index contributed by atoms with van der Waals surface area (Å²) in [5.74, 6) is -0.00150. The van der Waals surface area contributed by atoms with Gasteiger partial charge in [-0.25, -0.2) is 0 Å². The fourth-order valence-corrected chi connectivity index (χ4v) is 5.94. The summed E-state index contributed by atoms with van der Waals surface area (Å²) in [6.07, 6.45) is 33.0. The van der Waals surface area contributed by atoms with Gasteiger partial charge < -0.3 is 19.3 Å². The normalized spacial score (nSPS) is 11.5. The molecule has 0 heterocycles. The monoisotopic (exact) mass is 653 g/mol. The quantitative estimate of drug-likeness (QED) is 0.0492. The molecular formula is C40H80N2O4. The van der Waals surface area contributed by atoms with Crippen LogP contribution in [-0.2, 0) is 19.1 Å². The van der Waals surface area contributed by atoms with Gasteiger partial charge in [-0.2, -0.15) is 0 Å². The summed E-state index contributed by atoms with van der Waals surface area (Å²) >= 11 is 0. The molecule has 0 aromatic carbocycles. The summed E-state index contributed by atoms with van der Waals surface area (Å²) in [6, 6.07) is 0. The number of rotatable bonds is 37. The van der Waals surface area contributed by atoms with Crippen LogP contribution < -0.4 is 0 Å². The van der Waals surface area contributed by atoms with E-state index in [0.717, 1.165) is 51.6 Å². The maximum Gasteiger partial charge on any atom is 0.305 e. The van der Waals surface area contributed by atoms with Crippen molar-refractivity contribution in [3.05, 3.63) is 0 Å². The fourth-order valence-electron chi connectivity index (χ4n) is 5.94. The van der Waals surface area contributed by atoms with Crippen LogP contribution in [0.25, 0.3) is 0 Å². The van der Waals surface area contributed by atoms with Crippen molar-refractivity contribution in [3.63, 3.8) is 0 Å². The highest BCUT2D eigenvalue weighted by atomic mass is 16.5. The molecule has 0 spiro atoms. The summed E-state index contributed by atoms with van der Waals surface area (Å²) in [4.78, 5) is 28.8. The molecule has 46 heavy (non-hydrogen) atoms. The van der Waals surface area contributed by atoms with Crippen molar-refractivity contribution in [1.82, 2.24) is 9.80 Å². The van der Waals surface area contributed by atoms with Crippen LogP contribution in [0.2, 0.25) is 0 Å². The second kappa shape index (κ2) is 36.7. The van der Waals surface area contributed by atoms with Gasteiger partial charge in [0.1, 0.15) is 0 Å². The second-order valence-electron chi connectivity index (χ2n) is 14.1. The van der Waals surface area contributed by atoms with E-state index in [0.29, 0.717) is 26.1 Å². The number of hydrogen-bond acceptors (Lipinski definition) is 6. The third-order valence-electron chi connectivity index (χ3n) is 9.10. The van der Waals surface area contributed by atoms with Crippen molar-refractivity contribution in [2.75, 3.05) is 53.5 Å². The van der Waals surface area contributed by atoms with Crippen LogP contribution in [0.1, 0.15) is 194 Å². The molecule has 0 rings (SSSR count). The molecule has 0 aliphatic heterocycles. The van der Waals surface area contributed by atoms with Gasteiger partial charge in [-0.3, -0.25) is 9.59 Å². The van der Waals surface area contributed by atoms with Crippen molar-refractivity contribution < 1.29 is 19.1 Å². The zero-order valence-electron chi connectivity index (χ0n) is 31.6. The number of unbranched alkanes of at least 4 members (excludes halogenated alkanes) is 22. The van der Waals surface area contributed by atoms with Gasteiger partial charge in [0.25, 0.3) is 0 Å². The molecule has 0 aliphatic carbocycles. The van der Waals surface area contributed by atoms with E-state index < -0.39 is 0 Å². The number of carbonyl (C=O) groups excluding carboxylic acids is 2. The molecule has 0 saturated carbocycles. The van der Waals surface area contributed by atoms with Crippen LogP contribution in [0, 0.1) is 0 Å². The number of likely N-dealkylation sites (N-methyl/N-ethyl adjacent to an activating group) is 1. The molecule has 274 valence electrons. The first-order valence-corrected chi connectivity index (χ1v) is 20.2. The largest absolute Gasteiger partial charge is 0.466 e. The lowest BCUT2D eigenvalue weighted by molar-refractivity contribution is -0.144. The molecule has 6 nitrogen and oxygen atoms in total. The summed E-state index contributed by atoms with van der Waals surface area (Å²) in [6.45, 7) is 10.4.